The lowest BCUT2D eigenvalue weighted by Crippen LogP contribution is -2.31. The molecule has 2 N–H and O–H groups in total. The van der Waals surface area contributed by atoms with E-state index in [2.05, 4.69) is 15.0 Å². The van der Waals surface area contributed by atoms with Gasteiger partial charge >= 0.3 is 13.1 Å². The van der Waals surface area contributed by atoms with E-state index in [1.807, 2.05) is 0 Å². The van der Waals surface area contributed by atoms with Crippen molar-refractivity contribution >= 4 is 18.7 Å². The van der Waals surface area contributed by atoms with Crippen molar-refractivity contribution in [2.45, 2.75) is 6.54 Å². The fourth-order valence-electron chi connectivity index (χ4n) is 0.706. The van der Waals surface area contributed by atoms with Crippen molar-refractivity contribution < 1.29 is 19.6 Å². The molecule has 0 saturated carbocycles. The second kappa shape index (κ2) is 4.01. The highest BCUT2D eigenvalue weighted by Crippen LogP contribution is 1.83. The highest BCUT2D eigenvalue weighted by atomic mass is 16.5. The quantitative estimate of drug-likeness (QED) is 0.388. The lowest BCUT2D eigenvalue weighted by atomic mass is 9.87. The maximum atomic E-state index is 10.7. The fraction of sp³-hybridized carbons (Fsp3) is 0.400. The first-order valence-electron chi connectivity index (χ1n) is 3.46. The number of nitrogens with zero attached hydrogens (tertiary/aromatic N) is 3. The molecule has 0 fully saturated rings. The second-order valence-electron chi connectivity index (χ2n) is 2.29. The zero-order valence-electron chi connectivity index (χ0n) is 6.91. The van der Waals surface area contributed by atoms with Crippen molar-refractivity contribution in [2.24, 2.45) is 0 Å². The van der Waals surface area contributed by atoms with Crippen molar-refractivity contribution in [3.8, 4) is 0 Å². The first-order valence-corrected chi connectivity index (χ1v) is 3.46. The molecule has 1 aromatic rings. The average molecular weight is 185 g/mol. The molecule has 0 aliphatic carbocycles. The molecule has 0 saturated heterocycles. The maximum absolute atomic E-state index is 10.7. The summed E-state index contributed by atoms with van der Waals surface area (Å²) in [7, 11) is -0.424. The predicted molar refractivity (Wildman–Crippen MR) is 41.9 cm³/mol. The van der Waals surface area contributed by atoms with Crippen LogP contribution in [0.15, 0.2) is 6.20 Å². The van der Waals surface area contributed by atoms with Crippen molar-refractivity contribution in [1.82, 2.24) is 15.0 Å². The highest BCUT2D eigenvalue weighted by Gasteiger charge is 2.16. The lowest BCUT2D eigenvalue weighted by Gasteiger charge is -1.96. The predicted octanol–water partition coefficient (Wildman–Crippen LogP) is -2.87. The number of rotatable bonds is 3. The summed E-state index contributed by atoms with van der Waals surface area (Å²) in [6.07, 6.45) is 1.25. The molecule has 1 aromatic heterocycles. The number of hydrogen-bond donors (Lipinski definition) is 2. The zero-order valence-corrected chi connectivity index (χ0v) is 6.91. The van der Waals surface area contributed by atoms with Crippen LogP contribution in [0.1, 0.15) is 0 Å². The van der Waals surface area contributed by atoms with Gasteiger partial charge in [-0.25, -0.2) is 4.68 Å². The number of methoxy groups -OCH3 is 1. The molecular weight excluding hydrogens is 177 g/mol. The first kappa shape index (κ1) is 9.68. The van der Waals surface area contributed by atoms with Gasteiger partial charge in [-0.2, -0.15) is 0 Å². The topological polar surface area (TPSA) is 97.5 Å². The Morgan fingerprint density at radius 3 is 2.92 bits per heavy atom. The van der Waals surface area contributed by atoms with E-state index in [1.165, 1.54) is 13.3 Å². The molecule has 1 rings (SSSR count). The molecule has 1 heterocycles. The van der Waals surface area contributed by atoms with E-state index in [0.29, 0.717) is 0 Å². The van der Waals surface area contributed by atoms with E-state index in [0.717, 1.165) is 4.68 Å². The summed E-state index contributed by atoms with van der Waals surface area (Å²) in [4.78, 5) is 10.7. The van der Waals surface area contributed by atoms with Gasteiger partial charge in [0.05, 0.1) is 7.11 Å². The van der Waals surface area contributed by atoms with Gasteiger partial charge < -0.3 is 14.8 Å². The van der Waals surface area contributed by atoms with Crippen molar-refractivity contribution in [3.05, 3.63) is 6.20 Å². The number of carbonyl (C=O) groups is 1. The minimum absolute atomic E-state index is 0.0103. The van der Waals surface area contributed by atoms with Crippen LogP contribution in [0, 0.1) is 0 Å². The van der Waals surface area contributed by atoms with E-state index in [-0.39, 0.29) is 12.1 Å². The molecular formula is C5H8BN3O4. The van der Waals surface area contributed by atoms with Crippen LogP contribution in [-0.4, -0.2) is 45.2 Å². The Morgan fingerprint density at radius 2 is 2.46 bits per heavy atom. The normalized spacial score (nSPS) is 9.77. The highest BCUT2D eigenvalue weighted by molar-refractivity contribution is 6.57. The standard InChI is InChI=1S/C5H8BN3O4/c1-13-5(10)3-9-2-4(6(11)12)7-8-9/h2,11-12H,3H2,1H3. The molecule has 0 atom stereocenters. The summed E-state index contributed by atoms with van der Waals surface area (Å²) in [5.41, 5.74) is -0.0103. The van der Waals surface area contributed by atoms with Gasteiger partial charge in [-0.3, -0.25) is 4.79 Å². The number of ether oxygens (including phenoxy) is 1. The number of carbonyl (C=O) groups excluding carboxylic acids is 1. The van der Waals surface area contributed by atoms with Crippen LogP contribution in [0.4, 0.5) is 0 Å². The first-order chi connectivity index (χ1) is 6.13. The lowest BCUT2D eigenvalue weighted by molar-refractivity contribution is -0.141. The fourth-order valence-corrected chi connectivity index (χ4v) is 0.706. The summed E-state index contributed by atoms with van der Waals surface area (Å²) in [5, 5.41) is 24.2. The van der Waals surface area contributed by atoms with Crippen molar-refractivity contribution in [2.75, 3.05) is 7.11 Å². The summed E-state index contributed by atoms with van der Waals surface area (Å²) in [5.74, 6) is -0.483. The molecule has 7 nitrogen and oxygen atoms in total. The zero-order chi connectivity index (χ0) is 9.84. The molecule has 0 aromatic carbocycles. The maximum Gasteiger partial charge on any atom is 0.511 e. The molecule has 0 aliphatic rings. The van der Waals surface area contributed by atoms with E-state index >= 15 is 0 Å². The van der Waals surface area contributed by atoms with Gasteiger partial charge in [-0.05, 0) is 0 Å². The Labute approximate surface area is 74.1 Å². The Kier molecular flexibility index (Phi) is 2.99. The average Bonchev–Trinajstić information content (AvgIpc) is 2.52. The van der Waals surface area contributed by atoms with Crippen molar-refractivity contribution in [1.29, 1.82) is 0 Å². The number of esters is 1. The van der Waals surface area contributed by atoms with Gasteiger partial charge in [-0.1, -0.05) is 5.21 Å². The molecule has 13 heavy (non-hydrogen) atoms. The minimum Gasteiger partial charge on any atom is -0.468 e. The van der Waals surface area contributed by atoms with Crippen LogP contribution >= 0.6 is 0 Å². The molecule has 70 valence electrons. The third kappa shape index (κ3) is 2.53. The Morgan fingerprint density at radius 1 is 1.77 bits per heavy atom. The second-order valence-corrected chi connectivity index (χ2v) is 2.29. The van der Waals surface area contributed by atoms with Crippen LogP contribution in [0.25, 0.3) is 0 Å². The van der Waals surface area contributed by atoms with E-state index in [9.17, 15) is 4.79 Å². The number of aromatic nitrogens is 3. The molecule has 0 spiro atoms. The summed E-state index contributed by atoms with van der Waals surface area (Å²) in [6.45, 7) is -0.101. The van der Waals surface area contributed by atoms with Gasteiger partial charge in [-0.15, -0.1) is 5.10 Å². The van der Waals surface area contributed by atoms with Gasteiger partial charge in [0.1, 0.15) is 12.1 Å². The Hall–Kier alpha value is -1.41. The number of hydrogen-bond acceptors (Lipinski definition) is 6. The molecule has 0 unspecified atom stereocenters. The van der Waals surface area contributed by atoms with Crippen molar-refractivity contribution in [3.63, 3.8) is 0 Å². The van der Waals surface area contributed by atoms with Gasteiger partial charge in [0.15, 0.2) is 0 Å². The van der Waals surface area contributed by atoms with Crippen LogP contribution < -0.4 is 5.59 Å². The van der Waals surface area contributed by atoms with Crippen LogP contribution in [0.3, 0.4) is 0 Å². The molecule has 8 heteroatoms. The molecule has 0 amide bonds. The smallest absolute Gasteiger partial charge is 0.468 e. The Bertz CT molecular complexity index is 300. The van der Waals surface area contributed by atoms with Crippen LogP contribution in [0.5, 0.6) is 0 Å². The third-order valence-corrected chi connectivity index (χ3v) is 1.34. The third-order valence-electron chi connectivity index (χ3n) is 1.34. The van der Waals surface area contributed by atoms with E-state index in [1.54, 1.807) is 0 Å². The van der Waals surface area contributed by atoms with Gasteiger partial charge in [0.2, 0.25) is 0 Å². The summed E-state index contributed by atoms with van der Waals surface area (Å²) < 4.78 is 5.52. The molecule has 0 radical (unpaired) electrons. The minimum atomic E-state index is -1.67. The van der Waals surface area contributed by atoms with Crippen LogP contribution in [0.2, 0.25) is 0 Å². The molecule has 0 aliphatic heterocycles. The summed E-state index contributed by atoms with van der Waals surface area (Å²) in [6, 6.07) is 0. The molecule has 0 bridgehead atoms. The SMILES string of the molecule is COC(=O)Cn1cc(B(O)O)nn1. The summed E-state index contributed by atoms with van der Waals surface area (Å²) >= 11 is 0. The van der Waals surface area contributed by atoms with E-state index < -0.39 is 13.1 Å². The van der Waals surface area contributed by atoms with E-state index in [4.69, 9.17) is 10.0 Å². The monoisotopic (exact) mass is 185 g/mol. The van der Waals surface area contributed by atoms with Gasteiger partial charge in [0.25, 0.3) is 0 Å². The largest absolute Gasteiger partial charge is 0.511 e. The van der Waals surface area contributed by atoms with Crippen LogP contribution in [-0.2, 0) is 16.1 Å². The Balaban J connectivity index is 2.64. The van der Waals surface area contributed by atoms with Gasteiger partial charge in [0, 0.05) is 6.20 Å².